The van der Waals surface area contributed by atoms with Gasteiger partial charge in [-0.3, -0.25) is 4.90 Å². The van der Waals surface area contributed by atoms with E-state index < -0.39 is 0 Å². The van der Waals surface area contributed by atoms with Gasteiger partial charge in [0.15, 0.2) is 0 Å². The highest BCUT2D eigenvalue weighted by molar-refractivity contribution is 4.87. The average molecular weight is 270 g/mol. The van der Waals surface area contributed by atoms with E-state index in [2.05, 4.69) is 17.1 Å². The van der Waals surface area contributed by atoms with Crippen LogP contribution < -0.4 is 5.32 Å². The summed E-state index contributed by atoms with van der Waals surface area (Å²) in [6.07, 6.45) is 7.21. The van der Waals surface area contributed by atoms with Gasteiger partial charge < -0.3 is 14.8 Å². The number of nitrogens with zero attached hydrogens (tertiary/aromatic N) is 1. The van der Waals surface area contributed by atoms with Crippen LogP contribution in [0.25, 0.3) is 0 Å². The zero-order valence-electron chi connectivity index (χ0n) is 12.6. The van der Waals surface area contributed by atoms with Crippen molar-refractivity contribution in [1.82, 2.24) is 10.2 Å². The molecule has 2 unspecified atom stereocenters. The van der Waals surface area contributed by atoms with Crippen LogP contribution in [0, 0.1) is 0 Å². The average Bonchev–Trinajstić information content (AvgIpc) is 3.17. The molecule has 19 heavy (non-hydrogen) atoms. The van der Waals surface area contributed by atoms with Gasteiger partial charge in [-0.15, -0.1) is 0 Å². The summed E-state index contributed by atoms with van der Waals surface area (Å²) < 4.78 is 11.4. The minimum Gasteiger partial charge on any atom is -0.383 e. The highest BCUT2D eigenvalue weighted by atomic mass is 16.5. The van der Waals surface area contributed by atoms with E-state index in [0.29, 0.717) is 12.2 Å². The molecule has 1 saturated carbocycles. The lowest BCUT2D eigenvalue weighted by Gasteiger charge is -2.25. The quantitative estimate of drug-likeness (QED) is 0.612. The zero-order valence-corrected chi connectivity index (χ0v) is 12.6. The van der Waals surface area contributed by atoms with Crippen molar-refractivity contribution in [3.63, 3.8) is 0 Å². The first-order chi connectivity index (χ1) is 9.33. The predicted molar refractivity (Wildman–Crippen MR) is 77.5 cm³/mol. The van der Waals surface area contributed by atoms with E-state index in [4.69, 9.17) is 9.47 Å². The molecule has 0 amide bonds. The molecule has 112 valence electrons. The molecule has 1 aliphatic carbocycles. The van der Waals surface area contributed by atoms with Crippen LogP contribution >= 0.6 is 0 Å². The maximum Gasteiger partial charge on any atom is 0.0707 e. The van der Waals surface area contributed by atoms with Crippen LogP contribution in [0.2, 0.25) is 0 Å². The minimum absolute atomic E-state index is 0.431. The highest BCUT2D eigenvalue weighted by Crippen LogP contribution is 2.29. The molecule has 0 aromatic rings. The van der Waals surface area contributed by atoms with Crippen LogP contribution in [-0.4, -0.2) is 63.0 Å². The maximum atomic E-state index is 6.15. The van der Waals surface area contributed by atoms with Gasteiger partial charge in [0, 0.05) is 32.8 Å². The van der Waals surface area contributed by atoms with Crippen molar-refractivity contribution in [1.29, 1.82) is 0 Å². The Balaban J connectivity index is 1.64. The minimum atomic E-state index is 0.431. The summed E-state index contributed by atoms with van der Waals surface area (Å²) >= 11 is 0. The second-order valence-corrected chi connectivity index (χ2v) is 5.88. The largest absolute Gasteiger partial charge is 0.383 e. The van der Waals surface area contributed by atoms with Crippen LogP contribution in [0.5, 0.6) is 0 Å². The maximum absolute atomic E-state index is 6.15. The molecule has 0 aromatic carbocycles. The molecule has 1 heterocycles. The van der Waals surface area contributed by atoms with E-state index in [1.165, 1.54) is 32.1 Å². The smallest absolute Gasteiger partial charge is 0.0707 e. The van der Waals surface area contributed by atoms with Gasteiger partial charge in [-0.2, -0.15) is 0 Å². The third kappa shape index (κ3) is 5.38. The lowest BCUT2D eigenvalue weighted by molar-refractivity contribution is 0.0169. The van der Waals surface area contributed by atoms with Crippen molar-refractivity contribution in [2.75, 3.05) is 39.9 Å². The highest BCUT2D eigenvalue weighted by Gasteiger charge is 2.33. The van der Waals surface area contributed by atoms with Crippen molar-refractivity contribution in [2.24, 2.45) is 0 Å². The van der Waals surface area contributed by atoms with Crippen molar-refractivity contribution in [2.45, 2.75) is 57.3 Å². The summed E-state index contributed by atoms with van der Waals surface area (Å²) in [7, 11) is 1.78. The van der Waals surface area contributed by atoms with Gasteiger partial charge in [-0.1, -0.05) is 6.92 Å². The van der Waals surface area contributed by atoms with E-state index in [1.807, 2.05) is 0 Å². The first-order valence-electron chi connectivity index (χ1n) is 7.92. The number of methoxy groups -OCH3 is 1. The number of hydrogen-bond donors (Lipinski definition) is 1. The van der Waals surface area contributed by atoms with Crippen molar-refractivity contribution in [3.8, 4) is 0 Å². The fourth-order valence-electron chi connectivity index (χ4n) is 2.84. The molecular formula is C15H30N2O2. The topological polar surface area (TPSA) is 33.7 Å². The lowest BCUT2D eigenvalue weighted by atomic mass is 10.2. The molecule has 0 aromatic heterocycles. The molecule has 4 nitrogen and oxygen atoms in total. The monoisotopic (exact) mass is 270 g/mol. The molecule has 0 bridgehead atoms. The molecule has 2 fully saturated rings. The Morgan fingerprint density at radius 3 is 2.68 bits per heavy atom. The van der Waals surface area contributed by atoms with Crippen LogP contribution in [-0.2, 0) is 9.47 Å². The molecule has 4 heteroatoms. The van der Waals surface area contributed by atoms with E-state index >= 15 is 0 Å². The molecule has 0 radical (unpaired) electrons. The van der Waals surface area contributed by atoms with Crippen LogP contribution in [0.3, 0.4) is 0 Å². The standard InChI is InChI=1S/C15H30N2O2/c1-3-8-16-11-14-6-7-15(19-14)12-17(9-10-18-2)13-4-5-13/h13-16H,3-12H2,1-2H3. The summed E-state index contributed by atoms with van der Waals surface area (Å²) in [5, 5.41) is 3.46. The third-order valence-corrected chi connectivity index (χ3v) is 4.08. The Morgan fingerprint density at radius 1 is 1.21 bits per heavy atom. The molecule has 2 atom stereocenters. The molecule has 2 rings (SSSR count). The summed E-state index contributed by atoms with van der Waals surface area (Å²) in [5.41, 5.74) is 0. The van der Waals surface area contributed by atoms with E-state index in [1.54, 1.807) is 7.11 Å². The molecular weight excluding hydrogens is 240 g/mol. The molecule has 1 saturated heterocycles. The van der Waals surface area contributed by atoms with Crippen LogP contribution in [0.1, 0.15) is 39.0 Å². The summed E-state index contributed by atoms with van der Waals surface area (Å²) in [6, 6.07) is 0.802. The van der Waals surface area contributed by atoms with E-state index in [0.717, 1.165) is 38.8 Å². The number of ether oxygens (including phenoxy) is 2. The summed E-state index contributed by atoms with van der Waals surface area (Å²) in [5.74, 6) is 0. The van der Waals surface area contributed by atoms with Gasteiger partial charge in [0.05, 0.1) is 18.8 Å². The van der Waals surface area contributed by atoms with Crippen LogP contribution in [0.4, 0.5) is 0 Å². The second kappa shape index (κ2) is 8.20. The molecule has 1 aliphatic heterocycles. The Morgan fingerprint density at radius 2 is 2.00 bits per heavy atom. The van der Waals surface area contributed by atoms with Crippen molar-refractivity contribution < 1.29 is 9.47 Å². The first-order valence-corrected chi connectivity index (χ1v) is 7.92. The molecule has 1 N–H and O–H groups in total. The fourth-order valence-corrected chi connectivity index (χ4v) is 2.84. The van der Waals surface area contributed by atoms with Crippen molar-refractivity contribution in [3.05, 3.63) is 0 Å². The normalized spacial score (nSPS) is 27.3. The number of nitrogens with one attached hydrogen (secondary N) is 1. The van der Waals surface area contributed by atoms with Gasteiger partial charge in [0.25, 0.3) is 0 Å². The zero-order chi connectivity index (χ0) is 13.5. The van der Waals surface area contributed by atoms with Gasteiger partial charge in [-0.05, 0) is 38.6 Å². The molecule has 0 spiro atoms. The Labute approximate surface area is 117 Å². The fraction of sp³-hybridized carbons (Fsp3) is 1.00. The lowest BCUT2D eigenvalue weighted by Crippen LogP contribution is -2.37. The SMILES string of the molecule is CCCNCC1CCC(CN(CCOC)C2CC2)O1. The number of hydrogen-bond acceptors (Lipinski definition) is 4. The Kier molecular flexibility index (Phi) is 6.57. The summed E-state index contributed by atoms with van der Waals surface area (Å²) in [6.45, 7) is 7.32. The van der Waals surface area contributed by atoms with Gasteiger partial charge in [-0.25, -0.2) is 0 Å². The van der Waals surface area contributed by atoms with Crippen molar-refractivity contribution >= 4 is 0 Å². The van der Waals surface area contributed by atoms with Crippen LogP contribution in [0.15, 0.2) is 0 Å². The van der Waals surface area contributed by atoms with E-state index in [-0.39, 0.29) is 0 Å². The third-order valence-electron chi connectivity index (χ3n) is 4.08. The van der Waals surface area contributed by atoms with Gasteiger partial charge in [0.1, 0.15) is 0 Å². The molecule has 2 aliphatic rings. The van der Waals surface area contributed by atoms with Gasteiger partial charge in [0.2, 0.25) is 0 Å². The second-order valence-electron chi connectivity index (χ2n) is 5.88. The van der Waals surface area contributed by atoms with E-state index in [9.17, 15) is 0 Å². The number of rotatable bonds is 10. The summed E-state index contributed by atoms with van der Waals surface area (Å²) in [4.78, 5) is 2.57. The first kappa shape index (κ1) is 15.2. The Hall–Kier alpha value is -0.160. The Bertz CT molecular complexity index is 246. The predicted octanol–water partition coefficient (Wildman–Crippen LogP) is 1.64. The van der Waals surface area contributed by atoms with Gasteiger partial charge >= 0.3 is 0 Å².